The third kappa shape index (κ3) is 2.80. The Morgan fingerprint density at radius 1 is 1.40 bits per heavy atom. The minimum atomic E-state index is 0.568. The molecule has 1 fully saturated rings. The molecule has 0 aliphatic heterocycles. The number of aryl methyl sites for hydroxylation is 1. The van der Waals surface area contributed by atoms with E-state index in [4.69, 9.17) is 4.42 Å². The van der Waals surface area contributed by atoms with Crippen LogP contribution in [0.25, 0.3) is 11.5 Å². The second kappa shape index (κ2) is 5.83. The highest BCUT2D eigenvalue weighted by Crippen LogP contribution is 2.28. The van der Waals surface area contributed by atoms with Gasteiger partial charge >= 0.3 is 0 Å². The smallest absolute Gasteiger partial charge is 0.152 e. The molecule has 1 unspecified atom stereocenters. The van der Waals surface area contributed by atoms with Crippen molar-refractivity contribution in [3.8, 4) is 11.5 Å². The monoisotopic (exact) mass is 273 g/mol. The lowest BCUT2D eigenvalue weighted by Gasteiger charge is -2.20. The summed E-state index contributed by atoms with van der Waals surface area (Å²) >= 11 is 0. The van der Waals surface area contributed by atoms with Crippen LogP contribution in [0.3, 0.4) is 0 Å². The third-order valence-electron chi connectivity index (χ3n) is 4.43. The molecule has 0 radical (unpaired) electrons. The Bertz CT molecular complexity index is 552. The van der Waals surface area contributed by atoms with Gasteiger partial charge in [-0.05, 0) is 44.7 Å². The number of nitrogens with one attached hydrogen (secondary N) is 2. The maximum atomic E-state index is 5.68. The van der Waals surface area contributed by atoms with Crippen molar-refractivity contribution in [2.24, 2.45) is 5.92 Å². The van der Waals surface area contributed by atoms with Crippen LogP contribution in [0.2, 0.25) is 0 Å². The SMILES string of the molecule is Cc1ccc(-c2[nH]ncc2CNC(C)C2CCCC2)o1. The molecular formula is C16H23N3O. The molecule has 2 heterocycles. The Kier molecular flexibility index (Phi) is 3.92. The van der Waals surface area contributed by atoms with E-state index in [0.29, 0.717) is 6.04 Å². The molecular weight excluding hydrogens is 250 g/mol. The number of hydrogen-bond acceptors (Lipinski definition) is 3. The lowest BCUT2D eigenvalue weighted by Crippen LogP contribution is -2.31. The zero-order valence-corrected chi connectivity index (χ0v) is 12.3. The quantitative estimate of drug-likeness (QED) is 0.874. The molecule has 2 N–H and O–H groups in total. The Morgan fingerprint density at radius 2 is 2.20 bits per heavy atom. The molecule has 1 saturated carbocycles. The number of nitrogens with zero attached hydrogens (tertiary/aromatic N) is 1. The van der Waals surface area contributed by atoms with Crippen LogP contribution >= 0.6 is 0 Å². The van der Waals surface area contributed by atoms with Gasteiger partial charge in [-0.15, -0.1) is 0 Å². The summed E-state index contributed by atoms with van der Waals surface area (Å²) in [6, 6.07) is 4.54. The van der Waals surface area contributed by atoms with Crippen molar-refractivity contribution < 1.29 is 4.42 Å². The number of rotatable bonds is 5. The molecule has 4 heteroatoms. The van der Waals surface area contributed by atoms with Gasteiger partial charge in [-0.1, -0.05) is 12.8 Å². The van der Waals surface area contributed by atoms with Gasteiger partial charge in [0.2, 0.25) is 0 Å². The van der Waals surface area contributed by atoms with Crippen molar-refractivity contribution in [2.45, 2.75) is 52.1 Å². The van der Waals surface area contributed by atoms with Crippen LogP contribution in [0.15, 0.2) is 22.7 Å². The Balaban J connectivity index is 1.65. The summed E-state index contributed by atoms with van der Waals surface area (Å²) in [6.07, 6.45) is 7.40. The van der Waals surface area contributed by atoms with Crippen LogP contribution in [-0.4, -0.2) is 16.2 Å². The first-order valence-electron chi connectivity index (χ1n) is 7.56. The van der Waals surface area contributed by atoms with Crippen molar-refractivity contribution in [2.75, 3.05) is 0 Å². The number of aromatic amines is 1. The minimum Gasteiger partial charge on any atom is -0.460 e. The minimum absolute atomic E-state index is 0.568. The second-order valence-electron chi connectivity index (χ2n) is 5.89. The Labute approximate surface area is 120 Å². The molecule has 0 saturated heterocycles. The number of aromatic nitrogens is 2. The molecule has 1 atom stereocenters. The van der Waals surface area contributed by atoms with Crippen molar-refractivity contribution in [1.82, 2.24) is 15.5 Å². The summed E-state index contributed by atoms with van der Waals surface area (Å²) in [4.78, 5) is 0. The fraction of sp³-hybridized carbons (Fsp3) is 0.562. The van der Waals surface area contributed by atoms with E-state index in [1.807, 2.05) is 25.3 Å². The van der Waals surface area contributed by atoms with E-state index in [9.17, 15) is 0 Å². The van der Waals surface area contributed by atoms with E-state index in [1.165, 1.54) is 31.2 Å². The Hall–Kier alpha value is -1.55. The highest BCUT2D eigenvalue weighted by Gasteiger charge is 2.21. The zero-order valence-electron chi connectivity index (χ0n) is 12.3. The number of furan rings is 1. The molecule has 1 aliphatic rings. The summed E-state index contributed by atoms with van der Waals surface area (Å²) in [5.41, 5.74) is 2.16. The molecule has 0 spiro atoms. The van der Waals surface area contributed by atoms with Crippen molar-refractivity contribution in [1.29, 1.82) is 0 Å². The van der Waals surface area contributed by atoms with Crippen molar-refractivity contribution in [3.05, 3.63) is 29.7 Å². The van der Waals surface area contributed by atoms with E-state index in [-0.39, 0.29) is 0 Å². The van der Waals surface area contributed by atoms with Crippen LogP contribution in [-0.2, 0) is 6.54 Å². The standard InChI is InChI=1S/C16H23N3O/c1-11-7-8-15(20-11)16-14(10-18-19-16)9-17-12(2)13-5-3-4-6-13/h7-8,10,12-13,17H,3-6,9H2,1-2H3,(H,18,19). The maximum absolute atomic E-state index is 5.68. The molecule has 3 rings (SSSR count). The molecule has 0 aromatic carbocycles. The fourth-order valence-electron chi connectivity index (χ4n) is 3.12. The van der Waals surface area contributed by atoms with Crippen LogP contribution < -0.4 is 5.32 Å². The molecule has 0 bridgehead atoms. The summed E-state index contributed by atoms with van der Waals surface area (Å²) in [6.45, 7) is 5.09. The molecule has 1 aliphatic carbocycles. The van der Waals surface area contributed by atoms with E-state index in [0.717, 1.165) is 29.7 Å². The van der Waals surface area contributed by atoms with Gasteiger partial charge in [0.05, 0.1) is 6.20 Å². The molecule has 0 amide bonds. The molecule has 108 valence electrons. The van der Waals surface area contributed by atoms with Crippen LogP contribution in [0.1, 0.15) is 43.9 Å². The van der Waals surface area contributed by atoms with Crippen LogP contribution in [0.4, 0.5) is 0 Å². The van der Waals surface area contributed by atoms with Gasteiger partial charge in [0, 0.05) is 18.2 Å². The van der Waals surface area contributed by atoms with E-state index < -0.39 is 0 Å². The Morgan fingerprint density at radius 3 is 2.90 bits per heavy atom. The van der Waals surface area contributed by atoms with Crippen molar-refractivity contribution >= 4 is 0 Å². The maximum Gasteiger partial charge on any atom is 0.152 e. The van der Waals surface area contributed by atoms with Gasteiger partial charge < -0.3 is 9.73 Å². The van der Waals surface area contributed by atoms with Gasteiger partial charge in [0.25, 0.3) is 0 Å². The molecule has 20 heavy (non-hydrogen) atoms. The third-order valence-corrected chi connectivity index (χ3v) is 4.43. The topological polar surface area (TPSA) is 53.9 Å². The highest BCUT2D eigenvalue weighted by atomic mass is 16.3. The first-order valence-corrected chi connectivity index (χ1v) is 7.56. The summed E-state index contributed by atoms with van der Waals surface area (Å²) in [7, 11) is 0. The van der Waals surface area contributed by atoms with Gasteiger partial charge in [-0.3, -0.25) is 5.10 Å². The summed E-state index contributed by atoms with van der Waals surface area (Å²) < 4.78 is 5.68. The first-order chi connectivity index (χ1) is 9.74. The second-order valence-corrected chi connectivity index (χ2v) is 5.89. The van der Waals surface area contributed by atoms with Crippen LogP contribution in [0.5, 0.6) is 0 Å². The fourth-order valence-corrected chi connectivity index (χ4v) is 3.12. The predicted octanol–water partition coefficient (Wildman–Crippen LogP) is 3.65. The predicted molar refractivity (Wildman–Crippen MR) is 79.3 cm³/mol. The average Bonchev–Trinajstić information content (AvgIpc) is 3.16. The van der Waals surface area contributed by atoms with Crippen molar-refractivity contribution in [3.63, 3.8) is 0 Å². The molecule has 2 aromatic heterocycles. The number of hydrogen-bond donors (Lipinski definition) is 2. The van der Waals surface area contributed by atoms with Gasteiger partial charge in [0.15, 0.2) is 5.76 Å². The first kappa shape index (κ1) is 13.4. The lowest BCUT2D eigenvalue weighted by molar-refractivity contribution is 0.380. The number of H-pyrrole nitrogens is 1. The summed E-state index contributed by atoms with van der Waals surface area (Å²) in [5.74, 6) is 2.62. The van der Waals surface area contributed by atoms with E-state index in [2.05, 4.69) is 22.4 Å². The van der Waals surface area contributed by atoms with Crippen LogP contribution in [0, 0.1) is 12.8 Å². The average molecular weight is 273 g/mol. The highest BCUT2D eigenvalue weighted by molar-refractivity contribution is 5.56. The van der Waals surface area contributed by atoms with E-state index >= 15 is 0 Å². The normalized spacial score (nSPS) is 17.7. The summed E-state index contributed by atoms with van der Waals surface area (Å²) in [5, 5.41) is 10.8. The molecule has 2 aromatic rings. The van der Waals surface area contributed by atoms with Gasteiger partial charge in [-0.25, -0.2) is 0 Å². The van der Waals surface area contributed by atoms with E-state index in [1.54, 1.807) is 0 Å². The lowest BCUT2D eigenvalue weighted by atomic mass is 9.99. The largest absolute Gasteiger partial charge is 0.460 e. The van der Waals surface area contributed by atoms with Gasteiger partial charge in [0.1, 0.15) is 11.5 Å². The zero-order chi connectivity index (χ0) is 13.9. The molecule has 4 nitrogen and oxygen atoms in total. The van der Waals surface area contributed by atoms with Gasteiger partial charge in [-0.2, -0.15) is 5.10 Å².